The van der Waals surface area contributed by atoms with Crippen LogP contribution in [0.5, 0.6) is 0 Å². The first kappa shape index (κ1) is 18.1. The first-order valence-corrected chi connectivity index (χ1v) is 10.4. The van der Waals surface area contributed by atoms with Crippen molar-refractivity contribution in [2.45, 2.75) is 38.0 Å². The Kier molecular flexibility index (Phi) is 4.82. The number of likely N-dealkylation sites (tertiary alicyclic amines) is 1. The fraction of sp³-hybridized carbons (Fsp3) is 0.619. The SMILES string of the molecule is O=C1NNC2C1CN(CC1CCCO1)CC2C(=O)N1CCc2ccccc2C1. The highest BCUT2D eigenvalue weighted by Gasteiger charge is 2.48. The number of nitrogens with zero attached hydrogens (tertiary/aromatic N) is 2. The van der Waals surface area contributed by atoms with Crippen LogP contribution in [-0.2, 0) is 27.3 Å². The van der Waals surface area contributed by atoms with Gasteiger partial charge in [0.1, 0.15) is 0 Å². The maximum absolute atomic E-state index is 13.5. The molecule has 0 saturated carbocycles. The Hall–Kier alpha value is -1.96. The van der Waals surface area contributed by atoms with Gasteiger partial charge >= 0.3 is 0 Å². The Morgan fingerprint density at radius 2 is 2.07 bits per heavy atom. The average Bonchev–Trinajstić information content (AvgIpc) is 3.37. The van der Waals surface area contributed by atoms with Crippen molar-refractivity contribution in [2.75, 3.05) is 32.8 Å². The molecule has 0 spiro atoms. The zero-order valence-electron chi connectivity index (χ0n) is 16.1. The molecule has 0 aromatic heterocycles. The molecule has 1 aromatic rings. The van der Waals surface area contributed by atoms with Crippen molar-refractivity contribution < 1.29 is 14.3 Å². The highest BCUT2D eigenvalue weighted by atomic mass is 16.5. The number of benzene rings is 1. The van der Waals surface area contributed by atoms with Gasteiger partial charge < -0.3 is 9.64 Å². The van der Waals surface area contributed by atoms with Gasteiger partial charge in [0.25, 0.3) is 0 Å². The summed E-state index contributed by atoms with van der Waals surface area (Å²) in [5.41, 5.74) is 8.44. The van der Waals surface area contributed by atoms with Crippen LogP contribution in [0.1, 0.15) is 24.0 Å². The molecular formula is C21H28N4O3. The number of carbonyl (C=O) groups excluding carboxylic acids is 2. The first-order valence-electron chi connectivity index (χ1n) is 10.4. The summed E-state index contributed by atoms with van der Waals surface area (Å²) in [4.78, 5) is 30.1. The number of ether oxygens (including phenoxy) is 1. The third-order valence-electron chi connectivity index (χ3n) is 6.72. The molecule has 4 aliphatic heterocycles. The fourth-order valence-electron chi connectivity index (χ4n) is 5.21. The molecule has 5 rings (SSSR count). The number of amides is 2. The Morgan fingerprint density at radius 1 is 1.21 bits per heavy atom. The van der Waals surface area contributed by atoms with E-state index in [1.54, 1.807) is 0 Å². The highest BCUT2D eigenvalue weighted by molar-refractivity contribution is 5.86. The average molecular weight is 384 g/mol. The summed E-state index contributed by atoms with van der Waals surface area (Å²) in [6.45, 7) is 4.41. The third-order valence-corrected chi connectivity index (χ3v) is 6.72. The third kappa shape index (κ3) is 3.32. The van der Waals surface area contributed by atoms with Gasteiger partial charge in [0.15, 0.2) is 0 Å². The number of carbonyl (C=O) groups is 2. The molecule has 2 amide bonds. The summed E-state index contributed by atoms with van der Waals surface area (Å²) in [5.74, 6) is -0.236. The van der Waals surface area contributed by atoms with Crippen LogP contribution in [0.4, 0.5) is 0 Å². The Morgan fingerprint density at radius 3 is 2.89 bits per heavy atom. The van der Waals surface area contributed by atoms with E-state index >= 15 is 0 Å². The highest BCUT2D eigenvalue weighted by Crippen LogP contribution is 2.30. The van der Waals surface area contributed by atoms with Crippen molar-refractivity contribution in [3.05, 3.63) is 35.4 Å². The van der Waals surface area contributed by atoms with E-state index in [1.807, 2.05) is 11.0 Å². The van der Waals surface area contributed by atoms with Crippen LogP contribution in [0.15, 0.2) is 24.3 Å². The van der Waals surface area contributed by atoms with Crippen molar-refractivity contribution in [3.8, 4) is 0 Å². The van der Waals surface area contributed by atoms with Crippen molar-refractivity contribution in [3.63, 3.8) is 0 Å². The van der Waals surface area contributed by atoms with Crippen LogP contribution < -0.4 is 10.9 Å². The summed E-state index contributed by atoms with van der Waals surface area (Å²) in [6, 6.07) is 8.23. The van der Waals surface area contributed by atoms with E-state index in [0.29, 0.717) is 19.6 Å². The topological polar surface area (TPSA) is 73.9 Å². The molecule has 7 nitrogen and oxygen atoms in total. The molecule has 2 N–H and O–H groups in total. The zero-order valence-corrected chi connectivity index (χ0v) is 16.1. The molecule has 7 heteroatoms. The van der Waals surface area contributed by atoms with Crippen molar-refractivity contribution in [1.82, 2.24) is 20.7 Å². The Labute approximate surface area is 165 Å². The molecule has 4 heterocycles. The number of fused-ring (bicyclic) bond motifs is 2. The van der Waals surface area contributed by atoms with E-state index < -0.39 is 0 Å². The smallest absolute Gasteiger partial charge is 0.240 e. The monoisotopic (exact) mass is 384 g/mol. The molecule has 0 bridgehead atoms. The first-order chi connectivity index (χ1) is 13.7. The van der Waals surface area contributed by atoms with Crippen LogP contribution in [-0.4, -0.2) is 66.5 Å². The van der Waals surface area contributed by atoms with Gasteiger partial charge in [-0.3, -0.25) is 19.9 Å². The van der Waals surface area contributed by atoms with E-state index in [-0.39, 0.29) is 35.8 Å². The van der Waals surface area contributed by atoms with Crippen LogP contribution in [0.25, 0.3) is 0 Å². The lowest BCUT2D eigenvalue weighted by molar-refractivity contribution is -0.141. The summed E-state index contributed by atoms with van der Waals surface area (Å²) in [7, 11) is 0. The summed E-state index contributed by atoms with van der Waals surface area (Å²) in [5, 5.41) is 0. The summed E-state index contributed by atoms with van der Waals surface area (Å²) < 4.78 is 5.79. The maximum Gasteiger partial charge on any atom is 0.240 e. The molecule has 4 unspecified atom stereocenters. The second-order valence-electron chi connectivity index (χ2n) is 8.50. The molecule has 150 valence electrons. The molecule has 4 atom stereocenters. The molecule has 1 aromatic carbocycles. The van der Waals surface area contributed by atoms with E-state index in [2.05, 4.69) is 34.0 Å². The van der Waals surface area contributed by atoms with E-state index in [0.717, 1.165) is 39.0 Å². The van der Waals surface area contributed by atoms with Gasteiger partial charge in [-0.05, 0) is 30.4 Å². The zero-order chi connectivity index (χ0) is 19.1. The standard InChI is InChI=1S/C21H28N4O3/c26-20-17-12-24(11-16-6-3-9-28-16)13-18(19(17)22-23-20)21(27)25-8-7-14-4-1-2-5-15(14)10-25/h1-2,4-5,16-19,22H,3,6-13H2,(H,23,26). The van der Waals surface area contributed by atoms with E-state index in [9.17, 15) is 9.59 Å². The molecular weight excluding hydrogens is 356 g/mol. The minimum absolute atomic E-state index is 0.00355. The predicted octanol–water partition coefficient (Wildman–Crippen LogP) is 0.301. The van der Waals surface area contributed by atoms with Crippen molar-refractivity contribution >= 4 is 11.8 Å². The molecule has 28 heavy (non-hydrogen) atoms. The summed E-state index contributed by atoms with van der Waals surface area (Å²) in [6.07, 6.45) is 3.29. The second kappa shape index (κ2) is 7.46. The lowest BCUT2D eigenvalue weighted by atomic mass is 9.83. The number of hydrogen-bond acceptors (Lipinski definition) is 5. The van der Waals surface area contributed by atoms with Crippen LogP contribution >= 0.6 is 0 Å². The number of piperidine rings is 1. The van der Waals surface area contributed by atoms with Gasteiger partial charge in [0, 0.05) is 39.3 Å². The lowest BCUT2D eigenvalue weighted by Gasteiger charge is -2.41. The van der Waals surface area contributed by atoms with Gasteiger partial charge in [0.05, 0.1) is 24.0 Å². The molecule has 3 fully saturated rings. The van der Waals surface area contributed by atoms with Gasteiger partial charge in [-0.25, -0.2) is 5.43 Å². The largest absolute Gasteiger partial charge is 0.377 e. The lowest BCUT2D eigenvalue weighted by Crippen LogP contribution is -2.58. The van der Waals surface area contributed by atoms with Crippen molar-refractivity contribution in [1.29, 1.82) is 0 Å². The quantitative estimate of drug-likeness (QED) is 0.784. The van der Waals surface area contributed by atoms with Crippen molar-refractivity contribution in [2.24, 2.45) is 11.8 Å². The second-order valence-corrected chi connectivity index (χ2v) is 8.50. The molecule has 4 aliphatic rings. The van der Waals surface area contributed by atoms with Gasteiger partial charge in [-0.1, -0.05) is 24.3 Å². The minimum atomic E-state index is -0.218. The van der Waals surface area contributed by atoms with Crippen LogP contribution in [0.2, 0.25) is 0 Å². The summed E-state index contributed by atoms with van der Waals surface area (Å²) >= 11 is 0. The number of nitrogens with one attached hydrogen (secondary N) is 2. The number of hydrazine groups is 1. The van der Waals surface area contributed by atoms with Gasteiger partial charge in [-0.2, -0.15) is 0 Å². The van der Waals surface area contributed by atoms with Crippen LogP contribution in [0.3, 0.4) is 0 Å². The maximum atomic E-state index is 13.5. The molecule has 0 aliphatic carbocycles. The van der Waals surface area contributed by atoms with Crippen LogP contribution in [0, 0.1) is 11.8 Å². The Bertz CT molecular complexity index is 764. The van der Waals surface area contributed by atoms with Gasteiger partial charge in [0.2, 0.25) is 11.8 Å². The van der Waals surface area contributed by atoms with E-state index in [4.69, 9.17) is 4.74 Å². The number of rotatable bonds is 3. The molecule has 0 radical (unpaired) electrons. The fourth-order valence-corrected chi connectivity index (χ4v) is 5.21. The normalized spacial score (nSPS) is 32.7. The van der Waals surface area contributed by atoms with E-state index in [1.165, 1.54) is 11.1 Å². The molecule has 3 saturated heterocycles. The Balaban J connectivity index is 1.33. The van der Waals surface area contributed by atoms with Gasteiger partial charge in [-0.15, -0.1) is 0 Å². The predicted molar refractivity (Wildman–Crippen MR) is 103 cm³/mol. The number of hydrogen-bond donors (Lipinski definition) is 2. The minimum Gasteiger partial charge on any atom is -0.377 e.